The van der Waals surface area contributed by atoms with Crippen LogP contribution in [0.2, 0.25) is 0 Å². The molecule has 17 atom stereocenters. The number of unbranched alkanes of at least 4 members (excludes halogenated alkanes) is 43. The van der Waals surface area contributed by atoms with Crippen molar-refractivity contribution in [2.24, 2.45) is 0 Å². The molecule has 0 radical (unpaired) electrons. The maximum Gasteiger partial charge on any atom is 0.220 e. The third-order valence-electron chi connectivity index (χ3n) is 19.5. The van der Waals surface area contributed by atoms with Gasteiger partial charge in [-0.25, -0.2) is 0 Å². The Morgan fingerprint density at radius 1 is 0.372 bits per heavy atom. The van der Waals surface area contributed by atoms with Gasteiger partial charge in [-0.2, -0.15) is 0 Å². The van der Waals surface area contributed by atoms with Gasteiger partial charge < -0.3 is 89.9 Å². The highest BCUT2D eigenvalue weighted by molar-refractivity contribution is 5.76. The summed E-state index contributed by atoms with van der Waals surface area (Å²) in [6.45, 7) is 1.75. The van der Waals surface area contributed by atoms with Gasteiger partial charge in [-0.1, -0.05) is 289 Å². The summed E-state index contributed by atoms with van der Waals surface area (Å²) < 4.78 is 34.3. The molecule has 0 aliphatic carbocycles. The maximum atomic E-state index is 13.4. The molecule has 0 aromatic carbocycles. The van der Waals surface area contributed by atoms with E-state index >= 15 is 0 Å². The van der Waals surface area contributed by atoms with Gasteiger partial charge in [-0.15, -0.1) is 0 Å². The molecule has 3 aliphatic rings. The van der Waals surface area contributed by atoms with Crippen LogP contribution < -0.4 is 5.32 Å². The number of carbonyl (C=O) groups excluding carboxylic acids is 1. The minimum absolute atomic E-state index is 0.248. The SMILES string of the molecule is CCCCCCCCCC/C=C\CCCCCCCCCCCCCCCCCCCCCCCCCCCC(=O)NC(COC1OC(CO)C(OC2OC(CO)C(OC3OC(CO)C(O)C(O)C3O)C(O)C2O)C(O)C1O)C(O)/C=C/CCCCCCCCCCCC. The van der Waals surface area contributed by atoms with Gasteiger partial charge in [-0.05, 0) is 44.9 Å². The van der Waals surface area contributed by atoms with Crippen LogP contribution in [0.5, 0.6) is 0 Å². The third-order valence-corrected chi connectivity index (χ3v) is 19.5. The number of hydrogen-bond donors (Lipinski definition) is 12. The molecule has 12 N–H and O–H groups in total. The smallest absolute Gasteiger partial charge is 0.220 e. The molecule has 17 unspecified atom stereocenters. The molecule has 1 amide bonds. The van der Waals surface area contributed by atoms with Crippen molar-refractivity contribution in [3.8, 4) is 0 Å². The zero-order valence-corrected chi connectivity index (χ0v) is 59.0. The van der Waals surface area contributed by atoms with Crippen LogP contribution in [0.1, 0.15) is 316 Å². The van der Waals surface area contributed by atoms with E-state index in [0.29, 0.717) is 6.42 Å². The van der Waals surface area contributed by atoms with Gasteiger partial charge >= 0.3 is 0 Å². The fourth-order valence-corrected chi connectivity index (χ4v) is 13.2. The predicted octanol–water partition coefficient (Wildman–Crippen LogP) is 11.8. The number of nitrogens with one attached hydrogen (secondary N) is 1. The van der Waals surface area contributed by atoms with Gasteiger partial charge in [0.2, 0.25) is 5.91 Å². The molecule has 19 nitrogen and oxygen atoms in total. The minimum Gasteiger partial charge on any atom is -0.394 e. The van der Waals surface area contributed by atoms with Crippen LogP contribution in [0, 0.1) is 0 Å². The van der Waals surface area contributed by atoms with Crippen molar-refractivity contribution < 1.29 is 89.4 Å². The van der Waals surface area contributed by atoms with E-state index in [1.807, 2.05) is 6.08 Å². The summed E-state index contributed by atoms with van der Waals surface area (Å²) in [6, 6.07) is -0.969. The number of ether oxygens (including phenoxy) is 6. The van der Waals surface area contributed by atoms with E-state index in [0.717, 1.165) is 44.9 Å². The van der Waals surface area contributed by atoms with Gasteiger partial charge in [0.1, 0.15) is 73.2 Å². The Morgan fingerprint density at radius 3 is 1.03 bits per heavy atom. The van der Waals surface area contributed by atoms with Gasteiger partial charge in [0.05, 0.1) is 38.6 Å². The van der Waals surface area contributed by atoms with Gasteiger partial charge in [0.15, 0.2) is 18.9 Å². The number of allylic oxidation sites excluding steroid dienone is 3. The monoisotopic (exact) mass is 1340 g/mol. The van der Waals surface area contributed by atoms with E-state index in [2.05, 4.69) is 31.3 Å². The second-order valence-electron chi connectivity index (χ2n) is 27.8. The standard InChI is InChI=1S/C75H141NO18/c1-3-5-7-9-11-13-15-17-18-19-20-21-22-23-24-25-26-27-28-29-30-31-32-33-34-35-36-37-38-39-40-41-43-45-47-49-51-53-63(81)76-58(59(80)52-50-48-46-44-42-16-14-12-10-8-6-4-2)57-89-73-69(87)66(84)71(61(55-78)91-73)94-75-70(88)67(85)72(62(56-79)92-75)93-74-68(86)65(83)64(82)60(54-77)90-74/h19-20,50,52,58-62,64-75,77-80,82-88H,3-18,21-49,51,53-57H2,1-2H3,(H,76,81)/b20-19-,52-50+. The molecular formula is C75H141NO18. The molecule has 3 rings (SSSR count). The lowest BCUT2D eigenvalue weighted by atomic mass is 9.96. The highest BCUT2D eigenvalue weighted by Crippen LogP contribution is 2.33. The summed E-state index contributed by atoms with van der Waals surface area (Å²) in [5.74, 6) is -0.270. The normalized spacial score (nSPS) is 27.4. The van der Waals surface area contributed by atoms with Crippen LogP contribution in [0.4, 0.5) is 0 Å². The zero-order valence-electron chi connectivity index (χ0n) is 59.0. The Balaban J connectivity index is 1.29. The molecule has 0 bridgehead atoms. The van der Waals surface area contributed by atoms with Crippen LogP contribution in [0.15, 0.2) is 24.3 Å². The van der Waals surface area contributed by atoms with E-state index in [9.17, 15) is 61.0 Å². The Bertz CT molecular complexity index is 1800. The summed E-state index contributed by atoms with van der Waals surface area (Å²) in [6.07, 6.45) is 40.6. The minimum atomic E-state index is -1.98. The van der Waals surface area contributed by atoms with Crippen LogP contribution in [-0.4, -0.2) is 193 Å². The number of amides is 1. The lowest BCUT2D eigenvalue weighted by Gasteiger charge is -2.48. The van der Waals surface area contributed by atoms with Gasteiger partial charge in [0.25, 0.3) is 0 Å². The maximum absolute atomic E-state index is 13.4. The molecule has 3 fully saturated rings. The van der Waals surface area contributed by atoms with E-state index in [1.165, 1.54) is 244 Å². The number of aliphatic hydroxyl groups is 11. The van der Waals surface area contributed by atoms with E-state index < -0.39 is 124 Å². The number of aliphatic hydroxyl groups excluding tert-OH is 11. The van der Waals surface area contributed by atoms with Crippen LogP contribution >= 0.6 is 0 Å². The first-order valence-corrected chi connectivity index (χ1v) is 38.6. The van der Waals surface area contributed by atoms with Crippen molar-refractivity contribution in [1.29, 1.82) is 0 Å². The van der Waals surface area contributed by atoms with E-state index in [-0.39, 0.29) is 18.9 Å². The van der Waals surface area contributed by atoms with Crippen molar-refractivity contribution in [2.45, 2.75) is 420 Å². The molecule has 3 aliphatic heterocycles. The Morgan fingerprint density at radius 2 is 0.670 bits per heavy atom. The van der Waals surface area contributed by atoms with Crippen LogP contribution in [-0.2, 0) is 33.2 Å². The molecule has 0 saturated carbocycles. The average Bonchev–Trinajstić information content (AvgIpc) is 0.794. The molecule has 554 valence electrons. The summed E-state index contributed by atoms with van der Waals surface area (Å²) in [4.78, 5) is 13.4. The first kappa shape index (κ1) is 86.5. The fourth-order valence-electron chi connectivity index (χ4n) is 13.2. The van der Waals surface area contributed by atoms with Crippen molar-refractivity contribution in [1.82, 2.24) is 5.32 Å². The lowest BCUT2D eigenvalue weighted by molar-refractivity contribution is -0.379. The summed E-state index contributed by atoms with van der Waals surface area (Å²) in [5, 5.41) is 120. The molecule has 0 spiro atoms. The van der Waals surface area contributed by atoms with Crippen molar-refractivity contribution >= 4 is 5.91 Å². The molecule has 3 saturated heterocycles. The Kier molecular flexibility index (Phi) is 52.4. The summed E-state index contributed by atoms with van der Waals surface area (Å²) in [7, 11) is 0. The van der Waals surface area contributed by atoms with Crippen molar-refractivity contribution in [3.63, 3.8) is 0 Å². The van der Waals surface area contributed by atoms with Crippen molar-refractivity contribution in [3.05, 3.63) is 24.3 Å². The quantitative estimate of drug-likeness (QED) is 0.0199. The predicted molar refractivity (Wildman–Crippen MR) is 370 cm³/mol. The molecule has 19 heteroatoms. The molecule has 3 heterocycles. The number of rotatable bonds is 61. The van der Waals surface area contributed by atoms with Crippen molar-refractivity contribution in [2.75, 3.05) is 26.4 Å². The highest BCUT2D eigenvalue weighted by Gasteiger charge is 2.53. The Labute approximate surface area is 568 Å². The molecular weight excluding hydrogens is 1200 g/mol. The Hall–Kier alpha value is -1.73. The second-order valence-corrected chi connectivity index (χ2v) is 27.8. The largest absolute Gasteiger partial charge is 0.394 e. The zero-order chi connectivity index (χ0) is 68.2. The fraction of sp³-hybridized carbons (Fsp3) is 0.933. The second kappa shape index (κ2) is 57.0. The van der Waals surface area contributed by atoms with Crippen LogP contribution in [0.3, 0.4) is 0 Å². The van der Waals surface area contributed by atoms with E-state index in [1.54, 1.807) is 6.08 Å². The summed E-state index contributed by atoms with van der Waals surface area (Å²) >= 11 is 0. The lowest BCUT2D eigenvalue weighted by Crippen LogP contribution is -2.66. The topological polar surface area (TPSA) is 307 Å². The first-order valence-electron chi connectivity index (χ1n) is 38.6. The summed E-state index contributed by atoms with van der Waals surface area (Å²) in [5.41, 5.74) is 0. The highest BCUT2D eigenvalue weighted by atomic mass is 16.8. The van der Waals surface area contributed by atoms with Gasteiger partial charge in [-0.3, -0.25) is 4.79 Å². The molecule has 94 heavy (non-hydrogen) atoms. The van der Waals surface area contributed by atoms with E-state index in [4.69, 9.17) is 28.4 Å². The molecule has 0 aromatic heterocycles. The number of carbonyl (C=O) groups is 1. The van der Waals surface area contributed by atoms with Crippen LogP contribution in [0.25, 0.3) is 0 Å². The first-order chi connectivity index (χ1) is 45.8. The van der Waals surface area contributed by atoms with Gasteiger partial charge in [0, 0.05) is 6.42 Å². The third kappa shape index (κ3) is 37.6. The average molecular weight is 1340 g/mol. The molecule has 0 aromatic rings. The number of hydrogen-bond acceptors (Lipinski definition) is 18.